The van der Waals surface area contributed by atoms with Crippen LogP contribution in [0, 0.1) is 5.92 Å². The van der Waals surface area contributed by atoms with E-state index in [1.807, 2.05) is 4.90 Å². The molecule has 0 spiro atoms. The SMILES string of the molecule is NCCn1cc(C(=O)N[C@@H]2CCCCN(C(=O)C3CCCC3)C2)nn1. The van der Waals surface area contributed by atoms with Crippen LogP contribution >= 0.6 is 0 Å². The summed E-state index contributed by atoms with van der Waals surface area (Å²) in [5, 5.41) is 10.8. The fourth-order valence-corrected chi connectivity index (χ4v) is 3.79. The molecule has 1 aliphatic carbocycles. The zero-order chi connectivity index (χ0) is 17.6. The smallest absolute Gasteiger partial charge is 0.273 e. The van der Waals surface area contributed by atoms with E-state index < -0.39 is 0 Å². The lowest BCUT2D eigenvalue weighted by Crippen LogP contribution is -2.46. The maximum atomic E-state index is 12.7. The lowest BCUT2D eigenvalue weighted by molar-refractivity contribution is -0.135. The molecule has 1 aliphatic heterocycles. The van der Waals surface area contributed by atoms with Crippen molar-refractivity contribution in [2.45, 2.75) is 57.5 Å². The molecular formula is C17H28N6O2. The second-order valence-electron chi connectivity index (χ2n) is 7.09. The molecule has 1 aromatic heterocycles. The molecule has 1 saturated carbocycles. The normalized spacial score (nSPS) is 22.0. The number of aromatic nitrogens is 3. The Hall–Kier alpha value is -1.96. The minimum Gasteiger partial charge on any atom is -0.346 e. The zero-order valence-corrected chi connectivity index (χ0v) is 14.7. The Morgan fingerprint density at radius 1 is 1.20 bits per heavy atom. The van der Waals surface area contributed by atoms with Gasteiger partial charge in [-0.1, -0.05) is 18.1 Å². The Balaban J connectivity index is 1.58. The standard InChI is InChI=1S/C17H28N6O2/c18-8-10-23-12-15(20-21-23)16(24)19-14-7-3-4-9-22(11-14)17(25)13-5-1-2-6-13/h12-14H,1-11,18H2,(H,19,24)/t14-/m1/s1. The molecule has 138 valence electrons. The molecule has 0 unspecified atom stereocenters. The van der Waals surface area contributed by atoms with Gasteiger partial charge in [-0.05, 0) is 32.1 Å². The Morgan fingerprint density at radius 3 is 2.72 bits per heavy atom. The predicted octanol–water partition coefficient (Wildman–Crippen LogP) is 0.538. The molecule has 3 N–H and O–H groups in total. The average molecular weight is 348 g/mol. The summed E-state index contributed by atoms with van der Waals surface area (Å²) in [4.78, 5) is 27.1. The Bertz CT molecular complexity index is 596. The lowest BCUT2D eigenvalue weighted by atomic mass is 10.1. The minimum absolute atomic E-state index is 0.0278. The highest BCUT2D eigenvalue weighted by molar-refractivity contribution is 5.92. The van der Waals surface area contributed by atoms with Crippen molar-refractivity contribution in [3.8, 4) is 0 Å². The first-order valence-electron chi connectivity index (χ1n) is 9.37. The number of likely N-dealkylation sites (tertiary alicyclic amines) is 1. The van der Waals surface area contributed by atoms with Crippen LogP contribution in [0.15, 0.2) is 6.20 Å². The minimum atomic E-state index is -0.233. The number of hydrogen-bond acceptors (Lipinski definition) is 5. The van der Waals surface area contributed by atoms with Crippen molar-refractivity contribution in [1.82, 2.24) is 25.2 Å². The number of nitrogens with two attached hydrogens (primary N) is 1. The molecule has 0 aromatic carbocycles. The van der Waals surface area contributed by atoms with E-state index in [0.717, 1.165) is 51.5 Å². The molecule has 1 atom stereocenters. The van der Waals surface area contributed by atoms with Crippen LogP contribution in [0.1, 0.15) is 55.4 Å². The maximum absolute atomic E-state index is 12.7. The third-order valence-electron chi connectivity index (χ3n) is 5.15. The van der Waals surface area contributed by atoms with Crippen LogP contribution in [0.4, 0.5) is 0 Å². The van der Waals surface area contributed by atoms with Crippen LogP contribution in [0.5, 0.6) is 0 Å². The van der Waals surface area contributed by atoms with Crippen LogP contribution in [-0.4, -0.2) is 57.4 Å². The molecule has 3 rings (SSSR count). The van der Waals surface area contributed by atoms with Gasteiger partial charge >= 0.3 is 0 Å². The number of rotatable bonds is 5. The molecule has 2 fully saturated rings. The molecule has 2 aliphatic rings. The van der Waals surface area contributed by atoms with Crippen LogP contribution < -0.4 is 11.1 Å². The van der Waals surface area contributed by atoms with Gasteiger partial charge in [-0.2, -0.15) is 0 Å². The number of nitrogens with one attached hydrogen (secondary N) is 1. The first kappa shape index (κ1) is 17.8. The van der Waals surface area contributed by atoms with E-state index >= 15 is 0 Å². The van der Waals surface area contributed by atoms with Gasteiger partial charge in [0.1, 0.15) is 0 Å². The van der Waals surface area contributed by atoms with Crippen molar-refractivity contribution in [2.75, 3.05) is 19.6 Å². The summed E-state index contributed by atoms with van der Waals surface area (Å²) in [6.07, 6.45) is 8.84. The molecule has 2 amide bonds. The molecule has 8 nitrogen and oxygen atoms in total. The highest BCUT2D eigenvalue weighted by Gasteiger charge is 2.30. The van der Waals surface area contributed by atoms with Crippen molar-refractivity contribution in [2.24, 2.45) is 11.7 Å². The van der Waals surface area contributed by atoms with Crippen LogP contribution in [0.25, 0.3) is 0 Å². The number of nitrogens with zero attached hydrogens (tertiary/aromatic N) is 4. The molecule has 8 heteroatoms. The van der Waals surface area contributed by atoms with Gasteiger partial charge in [-0.3, -0.25) is 14.3 Å². The fourth-order valence-electron chi connectivity index (χ4n) is 3.79. The largest absolute Gasteiger partial charge is 0.346 e. The Labute approximate surface area is 148 Å². The monoisotopic (exact) mass is 348 g/mol. The lowest BCUT2D eigenvalue weighted by Gasteiger charge is -2.27. The molecule has 0 bridgehead atoms. The van der Waals surface area contributed by atoms with Gasteiger partial charge in [0.05, 0.1) is 12.7 Å². The van der Waals surface area contributed by atoms with Crippen molar-refractivity contribution in [3.05, 3.63) is 11.9 Å². The average Bonchev–Trinajstić information content (AvgIpc) is 3.24. The van der Waals surface area contributed by atoms with Gasteiger partial charge in [0.2, 0.25) is 5.91 Å². The van der Waals surface area contributed by atoms with E-state index in [0.29, 0.717) is 25.3 Å². The molecule has 1 aromatic rings. The second-order valence-corrected chi connectivity index (χ2v) is 7.09. The Kier molecular flexibility index (Phi) is 6.01. The third-order valence-corrected chi connectivity index (χ3v) is 5.15. The van der Waals surface area contributed by atoms with Crippen molar-refractivity contribution in [3.63, 3.8) is 0 Å². The summed E-state index contributed by atoms with van der Waals surface area (Å²) in [7, 11) is 0. The highest BCUT2D eigenvalue weighted by atomic mass is 16.2. The van der Waals surface area contributed by atoms with Crippen LogP contribution in [0.2, 0.25) is 0 Å². The molecular weight excluding hydrogens is 320 g/mol. The molecule has 2 heterocycles. The number of carbonyl (C=O) groups excluding carboxylic acids is 2. The topological polar surface area (TPSA) is 106 Å². The van der Waals surface area contributed by atoms with E-state index in [1.54, 1.807) is 10.9 Å². The van der Waals surface area contributed by atoms with Crippen LogP contribution in [0.3, 0.4) is 0 Å². The Morgan fingerprint density at radius 2 is 1.96 bits per heavy atom. The quantitative estimate of drug-likeness (QED) is 0.808. The summed E-state index contributed by atoms with van der Waals surface area (Å²) in [5.74, 6) is 0.224. The number of hydrogen-bond donors (Lipinski definition) is 2. The second kappa shape index (κ2) is 8.42. The van der Waals surface area contributed by atoms with E-state index in [4.69, 9.17) is 5.73 Å². The van der Waals surface area contributed by atoms with Gasteiger partial charge in [-0.25, -0.2) is 0 Å². The first-order chi connectivity index (χ1) is 12.2. The maximum Gasteiger partial charge on any atom is 0.273 e. The van der Waals surface area contributed by atoms with Gasteiger partial charge in [0, 0.05) is 31.6 Å². The van der Waals surface area contributed by atoms with Gasteiger partial charge in [-0.15, -0.1) is 5.10 Å². The van der Waals surface area contributed by atoms with Gasteiger partial charge in [0.15, 0.2) is 5.69 Å². The summed E-state index contributed by atoms with van der Waals surface area (Å²) in [6.45, 7) is 2.38. The third kappa shape index (κ3) is 4.56. The molecule has 0 radical (unpaired) electrons. The van der Waals surface area contributed by atoms with E-state index in [-0.39, 0.29) is 23.8 Å². The van der Waals surface area contributed by atoms with Gasteiger partial charge in [0.25, 0.3) is 5.91 Å². The zero-order valence-electron chi connectivity index (χ0n) is 14.7. The van der Waals surface area contributed by atoms with Crippen LogP contribution in [-0.2, 0) is 11.3 Å². The highest BCUT2D eigenvalue weighted by Crippen LogP contribution is 2.27. The van der Waals surface area contributed by atoms with E-state index in [1.165, 1.54) is 0 Å². The number of amides is 2. The summed E-state index contributed by atoms with van der Waals surface area (Å²) < 4.78 is 1.57. The molecule has 25 heavy (non-hydrogen) atoms. The fraction of sp³-hybridized carbons (Fsp3) is 0.765. The predicted molar refractivity (Wildman–Crippen MR) is 92.7 cm³/mol. The molecule has 1 saturated heterocycles. The number of carbonyl (C=O) groups is 2. The summed E-state index contributed by atoms with van der Waals surface area (Å²) in [6, 6.07) is -0.0278. The van der Waals surface area contributed by atoms with Crippen molar-refractivity contribution in [1.29, 1.82) is 0 Å². The van der Waals surface area contributed by atoms with Crippen molar-refractivity contribution >= 4 is 11.8 Å². The van der Waals surface area contributed by atoms with E-state index in [2.05, 4.69) is 15.6 Å². The van der Waals surface area contributed by atoms with Crippen molar-refractivity contribution < 1.29 is 9.59 Å². The van der Waals surface area contributed by atoms with Gasteiger partial charge < -0.3 is 16.0 Å². The summed E-state index contributed by atoms with van der Waals surface area (Å²) >= 11 is 0. The summed E-state index contributed by atoms with van der Waals surface area (Å²) in [5.41, 5.74) is 5.78. The van der Waals surface area contributed by atoms with E-state index in [9.17, 15) is 9.59 Å². The first-order valence-corrected chi connectivity index (χ1v) is 9.37.